The lowest BCUT2D eigenvalue weighted by Crippen LogP contribution is -2.49. The lowest BCUT2D eigenvalue weighted by Gasteiger charge is -2.35. The molecule has 1 aliphatic carbocycles. The van der Waals surface area contributed by atoms with Crippen molar-refractivity contribution in [3.05, 3.63) is 29.8 Å². The van der Waals surface area contributed by atoms with Crippen LogP contribution in [0.3, 0.4) is 0 Å². The van der Waals surface area contributed by atoms with Crippen LogP contribution in [0, 0.1) is 0 Å². The summed E-state index contributed by atoms with van der Waals surface area (Å²) < 4.78 is 10.9. The van der Waals surface area contributed by atoms with Crippen LogP contribution in [0.2, 0.25) is 0 Å². The van der Waals surface area contributed by atoms with Crippen molar-refractivity contribution < 1.29 is 9.47 Å². The zero-order valence-corrected chi connectivity index (χ0v) is 21.9. The highest BCUT2D eigenvalue weighted by Crippen LogP contribution is 2.27. The Labute approximate surface area is 210 Å². The smallest absolute Gasteiger partial charge is 0.191 e. The standard InChI is InChI=1S/C24H39N5O2.HI/c1-25-24(27-20-11-12-29(18-20)21-5-3-4-6-21)26-17-23(28-13-15-31-16-14-28)19-7-9-22(30-2)10-8-19;/h7-10,20-21,23H,3-6,11-18H2,1-2H3,(H2,25,26,27);1H. The molecule has 3 aliphatic rings. The maximum atomic E-state index is 5.59. The Hall–Kier alpha value is -1.10. The van der Waals surface area contributed by atoms with Gasteiger partial charge in [0, 0.05) is 51.9 Å². The summed E-state index contributed by atoms with van der Waals surface area (Å²) >= 11 is 0. The highest BCUT2D eigenvalue weighted by Gasteiger charge is 2.30. The average Bonchev–Trinajstić information content (AvgIpc) is 3.52. The van der Waals surface area contributed by atoms with Crippen LogP contribution in [0.5, 0.6) is 5.75 Å². The van der Waals surface area contributed by atoms with Gasteiger partial charge in [-0.2, -0.15) is 0 Å². The van der Waals surface area contributed by atoms with Crippen LogP contribution in [0.4, 0.5) is 0 Å². The van der Waals surface area contributed by atoms with Crippen LogP contribution in [0.15, 0.2) is 29.3 Å². The molecule has 3 fully saturated rings. The Balaban J connectivity index is 0.00000289. The molecule has 180 valence electrons. The van der Waals surface area contributed by atoms with Crippen molar-refractivity contribution in [2.75, 3.05) is 60.1 Å². The first-order valence-corrected chi connectivity index (χ1v) is 11.9. The molecule has 0 amide bonds. The maximum absolute atomic E-state index is 5.59. The summed E-state index contributed by atoms with van der Waals surface area (Å²) in [5, 5.41) is 7.29. The molecule has 0 aromatic heterocycles. The molecule has 1 aromatic carbocycles. The van der Waals surface area contributed by atoms with E-state index in [1.54, 1.807) is 7.11 Å². The van der Waals surface area contributed by atoms with E-state index >= 15 is 0 Å². The van der Waals surface area contributed by atoms with Crippen LogP contribution in [-0.2, 0) is 4.74 Å². The predicted molar refractivity (Wildman–Crippen MR) is 140 cm³/mol. The number of nitrogens with one attached hydrogen (secondary N) is 2. The predicted octanol–water partition coefficient (Wildman–Crippen LogP) is 2.87. The highest BCUT2D eigenvalue weighted by atomic mass is 127. The molecule has 1 aromatic rings. The summed E-state index contributed by atoms with van der Waals surface area (Å²) in [5.41, 5.74) is 1.29. The van der Waals surface area contributed by atoms with E-state index in [2.05, 4.69) is 37.6 Å². The van der Waals surface area contributed by atoms with E-state index in [0.717, 1.165) is 57.1 Å². The molecule has 4 rings (SSSR count). The van der Waals surface area contributed by atoms with Crippen molar-refractivity contribution in [1.82, 2.24) is 20.4 Å². The van der Waals surface area contributed by atoms with E-state index in [9.17, 15) is 0 Å². The van der Waals surface area contributed by atoms with Gasteiger partial charge in [-0.3, -0.25) is 14.8 Å². The first-order valence-electron chi connectivity index (χ1n) is 11.9. The number of ether oxygens (including phenoxy) is 2. The van der Waals surface area contributed by atoms with Crippen molar-refractivity contribution in [2.45, 2.75) is 50.2 Å². The normalized spacial score (nSPS) is 24.2. The van der Waals surface area contributed by atoms with Crippen LogP contribution >= 0.6 is 24.0 Å². The molecule has 2 aliphatic heterocycles. The first-order chi connectivity index (χ1) is 15.3. The molecular formula is C24H40IN5O2. The third kappa shape index (κ3) is 6.71. The monoisotopic (exact) mass is 557 g/mol. The minimum Gasteiger partial charge on any atom is -0.497 e. The summed E-state index contributed by atoms with van der Waals surface area (Å²) in [4.78, 5) is 9.71. The Morgan fingerprint density at radius 1 is 1.12 bits per heavy atom. The fourth-order valence-electron chi connectivity index (χ4n) is 5.26. The molecule has 7 nitrogen and oxygen atoms in total. The molecule has 2 atom stereocenters. The quantitative estimate of drug-likeness (QED) is 0.306. The number of aliphatic imine (C=N–C) groups is 1. The lowest BCUT2D eigenvalue weighted by atomic mass is 10.0. The van der Waals surface area contributed by atoms with E-state index in [1.165, 1.54) is 44.2 Å². The minimum absolute atomic E-state index is 0. The molecular weight excluding hydrogens is 517 g/mol. The Kier molecular flexibility index (Phi) is 10.3. The van der Waals surface area contributed by atoms with Gasteiger partial charge < -0.3 is 20.1 Å². The number of benzene rings is 1. The van der Waals surface area contributed by atoms with Crippen LogP contribution in [0.1, 0.15) is 43.7 Å². The second-order valence-electron chi connectivity index (χ2n) is 8.95. The van der Waals surface area contributed by atoms with Gasteiger partial charge in [0.05, 0.1) is 26.4 Å². The molecule has 0 bridgehead atoms. The molecule has 2 saturated heterocycles. The summed E-state index contributed by atoms with van der Waals surface area (Å²) in [5.74, 6) is 1.80. The molecule has 8 heteroatoms. The third-order valence-corrected chi connectivity index (χ3v) is 7.08. The van der Waals surface area contributed by atoms with Gasteiger partial charge in [0.25, 0.3) is 0 Å². The van der Waals surface area contributed by atoms with Gasteiger partial charge in [0.2, 0.25) is 0 Å². The number of hydrogen-bond acceptors (Lipinski definition) is 5. The van der Waals surface area contributed by atoms with Gasteiger partial charge in [-0.25, -0.2) is 0 Å². The molecule has 0 spiro atoms. The van der Waals surface area contributed by atoms with Gasteiger partial charge in [-0.15, -0.1) is 24.0 Å². The number of methoxy groups -OCH3 is 1. The number of rotatable bonds is 7. The fourth-order valence-corrected chi connectivity index (χ4v) is 5.26. The third-order valence-electron chi connectivity index (χ3n) is 7.08. The first kappa shape index (κ1) is 25.5. The second-order valence-corrected chi connectivity index (χ2v) is 8.95. The van der Waals surface area contributed by atoms with Crippen molar-refractivity contribution >= 4 is 29.9 Å². The number of hydrogen-bond donors (Lipinski definition) is 2. The molecule has 32 heavy (non-hydrogen) atoms. The highest BCUT2D eigenvalue weighted by molar-refractivity contribution is 14.0. The summed E-state index contributed by atoms with van der Waals surface area (Å²) in [7, 11) is 3.58. The van der Waals surface area contributed by atoms with Gasteiger partial charge in [-0.1, -0.05) is 25.0 Å². The SMILES string of the molecule is CN=C(NCC(c1ccc(OC)cc1)N1CCOCC1)NC1CCN(C2CCCC2)C1.I. The van der Waals surface area contributed by atoms with E-state index in [1.807, 2.05) is 19.2 Å². The number of morpholine rings is 1. The average molecular weight is 558 g/mol. The molecule has 0 radical (unpaired) electrons. The fraction of sp³-hybridized carbons (Fsp3) is 0.708. The lowest BCUT2D eigenvalue weighted by molar-refractivity contribution is 0.0170. The number of halogens is 1. The number of likely N-dealkylation sites (tertiary alicyclic amines) is 1. The Bertz CT molecular complexity index is 705. The topological polar surface area (TPSA) is 61.4 Å². The number of nitrogens with zero attached hydrogens (tertiary/aromatic N) is 3. The van der Waals surface area contributed by atoms with Crippen molar-refractivity contribution in [3.8, 4) is 5.75 Å². The summed E-state index contributed by atoms with van der Waals surface area (Å²) in [6, 6.07) is 10.0. The van der Waals surface area contributed by atoms with Crippen LogP contribution in [-0.4, -0.2) is 87.9 Å². The van der Waals surface area contributed by atoms with Crippen LogP contribution in [0.25, 0.3) is 0 Å². The van der Waals surface area contributed by atoms with Crippen molar-refractivity contribution in [1.29, 1.82) is 0 Å². The maximum Gasteiger partial charge on any atom is 0.191 e. The van der Waals surface area contributed by atoms with E-state index in [0.29, 0.717) is 6.04 Å². The van der Waals surface area contributed by atoms with E-state index in [-0.39, 0.29) is 30.0 Å². The van der Waals surface area contributed by atoms with Gasteiger partial charge in [0.15, 0.2) is 5.96 Å². The van der Waals surface area contributed by atoms with Crippen molar-refractivity contribution in [2.24, 2.45) is 4.99 Å². The molecule has 2 unspecified atom stereocenters. The molecule has 2 heterocycles. The summed E-state index contributed by atoms with van der Waals surface area (Å²) in [6.45, 7) is 6.63. The Morgan fingerprint density at radius 2 is 1.84 bits per heavy atom. The van der Waals surface area contributed by atoms with Gasteiger partial charge in [-0.05, 0) is 37.0 Å². The van der Waals surface area contributed by atoms with Gasteiger partial charge >= 0.3 is 0 Å². The van der Waals surface area contributed by atoms with Crippen LogP contribution < -0.4 is 15.4 Å². The number of guanidine groups is 1. The summed E-state index contributed by atoms with van der Waals surface area (Å²) in [6.07, 6.45) is 6.75. The van der Waals surface area contributed by atoms with Crippen molar-refractivity contribution in [3.63, 3.8) is 0 Å². The van der Waals surface area contributed by atoms with E-state index < -0.39 is 0 Å². The zero-order chi connectivity index (χ0) is 21.5. The zero-order valence-electron chi connectivity index (χ0n) is 19.6. The molecule has 1 saturated carbocycles. The second kappa shape index (κ2) is 13.0. The molecule has 2 N–H and O–H groups in total. The largest absolute Gasteiger partial charge is 0.497 e. The minimum atomic E-state index is 0. The van der Waals surface area contributed by atoms with Gasteiger partial charge in [0.1, 0.15) is 5.75 Å². The van der Waals surface area contributed by atoms with E-state index in [4.69, 9.17) is 9.47 Å². The Morgan fingerprint density at radius 3 is 2.50 bits per heavy atom.